The van der Waals surface area contributed by atoms with Gasteiger partial charge in [0.15, 0.2) is 11.5 Å². The second-order valence-corrected chi connectivity index (χ2v) is 11.1. The Morgan fingerprint density at radius 2 is 1.62 bits per heavy atom. The lowest BCUT2D eigenvalue weighted by Gasteiger charge is -2.34. The van der Waals surface area contributed by atoms with Gasteiger partial charge >= 0.3 is 0 Å². The number of sulfonamides is 1. The van der Waals surface area contributed by atoms with Crippen LogP contribution >= 0.6 is 11.8 Å². The van der Waals surface area contributed by atoms with E-state index in [-0.39, 0.29) is 5.91 Å². The van der Waals surface area contributed by atoms with Crippen LogP contribution in [0.5, 0.6) is 11.5 Å². The fraction of sp³-hybridized carbons (Fsp3) is 0.435. The predicted octanol–water partition coefficient (Wildman–Crippen LogP) is 3.21. The minimum atomic E-state index is -3.55. The fourth-order valence-corrected chi connectivity index (χ4v) is 5.95. The molecule has 172 valence electrons. The van der Waals surface area contributed by atoms with Crippen LogP contribution in [0.1, 0.15) is 25.3 Å². The van der Waals surface area contributed by atoms with E-state index in [1.54, 1.807) is 17.0 Å². The lowest BCUT2D eigenvalue weighted by atomic mass is 10.0. The fourth-order valence-electron chi connectivity index (χ4n) is 3.70. The number of rotatable bonds is 6. The highest BCUT2D eigenvalue weighted by Gasteiger charge is 2.30. The van der Waals surface area contributed by atoms with Crippen LogP contribution < -0.4 is 9.47 Å². The zero-order valence-corrected chi connectivity index (χ0v) is 20.0. The van der Waals surface area contributed by atoms with Crippen molar-refractivity contribution in [1.82, 2.24) is 9.21 Å². The van der Waals surface area contributed by atoms with Crippen LogP contribution in [-0.4, -0.2) is 68.7 Å². The van der Waals surface area contributed by atoms with Crippen LogP contribution in [0.3, 0.4) is 0 Å². The van der Waals surface area contributed by atoms with Crippen LogP contribution in [0.15, 0.2) is 52.3 Å². The molecule has 0 spiro atoms. The second kappa shape index (κ2) is 9.72. The lowest BCUT2D eigenvalue weighted by Crippen LogP contribution is -2.50. The van der Waals surface area contributed by atoms with Crippen LogP contribution in [0.25, 0.3) is 0 Å². The van der Waals surface area contributed by atoms with Gasteiger partial charge in [0.05, 0.1) is 10.6 Å². The van der Waals surface area contributed by atoms with Crippen LogP contribution in [0.4, 0.5) is 0 Å². The smallest absolute Gasteiger partial charge is 0.243 e. The SMILES string of the molecule is CC(C)c1ccc(S(=O)(=O)N2CCN(C(=O)CSc3ccc4c(c3)OCCO4)CC2)cc1. The third kappa shape index (κ3) is 5.05. The van der Waals surface area contributed by atoms with Crippen molar-refractivity contribution in [3.05, 3.63) is 48.0 Å². The molecule has 2 aromatic rings. The first-order chi connectivity index (χ1) is 15.3. The average molecular weight is 477 g/mol. The molecule has 1 saturated heterocycles. The first-order valence-electron chi connectivity index (χ1n) is 10.7. The molecule has 0 unspecified atom stereocenters. The highest BCUT2D eigenvalue weighted by atomic mass is 32.2. The van der Waals surface area contributed by atoms with Crippen molar-refractivity contribution in [1.29, 1.82) is 0 Å². The minimum absolute atomic E-state index is 0.00298. The maximum atomic E-state index is 13.0. The maximum absolute atomic E-state index is 13.0. The Hall–Kier alpha value is -2.23. The van der Waals surface area contributed by atoms with Crippen LogP contribution in [-0.2, 0) is 14.8 Å². The topological polar surface area (TPSA) is 76.2 Å². The van der Waals surface area contributed by atoms with Gasteiger partial charge in [0.1, 0.15) is 13.2 Å². The molecular weight excluding hydrogens is 448 g/mol. The third-order valence-corrected chi connectivity index (χ3v) is 8.54. The number of benzene rings is 2. The number of nitrogens with zero attached hydrogens (tertiary/aromatic N) is 2. The summed E-state index contributed by atoms with van der Waals surface area (Å²) < 4.78 is 38.5. The summed E-state index contributed by atoms with van der Waals surface area (Å²) in [6, 6.07) is 12.7. The van der Waals surface area contributed by atoms with E-state index >= 15 is 0 Å². The zero-order chi connectivity index (χ0) is 22.7. The number of thioether (sulfide) groups is 1. The number of hydrogen-bond donors (Lipinski definition) is 0. The molecule has 2 aliphatic rings. The summed E-state index contributed by atoms with van der Waals surface area (Å²) in [7, 11) is -3.55. The molecule has 1 fully saturated rings. The first kappa shape index (κ1) is 22.9. The number of carbonyl (C=O) groups excluding carboxylic acids is 1. The number of carbonyl (C=O) groups is 1. The van der Waals surface area contributed by atoms with E-state index in [1.807, 2.05) is 30.3 Å². The van der Waals surface area contributed by atoms with Gasteiger partial charge in [-0.2, -0.15) is 4.31 Å². The second-order valence-electron chi connectivity index (χ2n) is 8.10. The summed E-state index contributed by atoms with van der Waals surface area (Å²) in [6.07, 6.45) is 0. The van der Waals surface area contributed by atoms with Crippen molar-refractivity contribution in [3.63, 3.8) is 0 Å². The Labute approximate surface area is 193 Å². The summed E-state index contributed by atoms with van der Waals surface area (Å²) in [5.74, 6) is 2.07. The highest BCUT2D eigenvalue weighted by Crippen LogP contribution is 2.34. The van der Waals surface area contributed by atoms with E-state index in [2.05, 4.69) is 13.8 Å². The molecule has 2 aliphatic heterocycles. The molecule has 1 amide bonds. The summed E-state index contributed by atoms with van der Waals surface area (Å²) in [5.41, 5.74) is 1.11. The van der Waals surface area contributed by atoms with Crippen molar-refractivity contribution in [2.24, 2.45) is 0 Å². The molecular formula is C23H28N2O5S2. The van der Waals surface area contributed by atoms with E-state index in [4.69, 9.17) is 9.47 Å². The van der Waals surface area contributed by atoms with Gasteiger partial charge in [-0.15, -0.1) is 11.8 Å². The quantitative estimate of drug-likeness (QED) is 0.596. The normalized spacial score (nSPS) is 16.9. The standard InChI is InChI=1S/C23H28N2O5S2/c1-17(2)18-3-6-20(7-4-18)32(27,28)25-11-9-24(10-12-25)23(26)16-31-19-5-8-21-22(15-19)30-14-13-29-21/h3-8,15,17H,9-14,16H2,1-2H3. The Balaban J connectivity index is 1.30. The number of ether oxygens (including phenoxy) is 2. The van der Waals surface area contributed by atoms with Gasteiger partial charge in [-0.3, -0.25) is 4.79 Å². The van der Waals surface area contributed by atoms with Gasteiger partial charge in [-0.1, -0.05) is 26.0 Å². The third-order valence-electron chi connectivity index (χ3n) is 5.65. The molecule has 0 atom stereocenters. The van der Waals surface area contributed by atoms with E-state index in [9.17, 15) is 13.2 Å². The zero-order valence-electron chi connectivity index (χ0n) is 18.3. The molecule has 4 rings (SSSR count). The Kier molecular flexibility index (Phi) is 6.97. The van der Waals surface area contributed by atoms with Crippen molar-refractivity contribution >= 4 is 27.7 Å². The van der Waals surface area contributed by atoms with E-state index in [0.717, 1.165) is 16.2 Å². The molecule has 0 saturated carbocycles. The number of amides is 1. The molecule has 32 heavy (non-hydrogen) atoms. The van der Waals surface area contributed by atoms with Crippen LogP contribution in [0.2, 0.25) is 0 Å². The Bertz CT molecular complexity index is 1060. The summed E-state index contributed by atoms with van der Waals surface area (Å²) in [6.45, 7) is 6.60. The molecule has 0 N–H and O–H groups in total. The number of hydrogen-bond acceptors (Lipinski definition) is 6. The minimum Gasteiger partial charge on any atom is -0.486 e. The average Bonchev–Trinajstić information content (AvgIpc) is 2.82. The molecule has 0 bridgehead atoms. The maximum Gasteiger partial charge on any atom is 0.243 e. The monoisotopic (exact) mass is 476 g/mol. The largest absolute Gasteiger partial charge is 0.486 e. The van der Waals surface area contributed by atoms with Gasteiger partial charge in [0, 0.05) is 31.1 Å². The summed E-state index contributed by atoms with van der Waals surface area (Å²) >= 11 is 1.44. The van der Waals surface area contributed by atoms with E-state index < -0.39 is 10.0 Å². The number of piperazine rings is 1. The molecule has 2 heterocycles. The van der Waals surface area contributed by atoms with E-state index in [1.165, 1.54) is 16.1 Å². The predicted molar refractivity (Wildman–Crippen MR) is 124 cm³/mol. The van der Waals surface area contributed by atoms with Crippen molar-refractivity contribution in [3.8, 4) is 11.5 Å². The van der Waals surface area contributed by atoms with E-state index in [0.29, 0.717) is 61.7 Å². The van der Waals surface area contributed by atoms with Crippen molar-refractivity contribution < 1.29 is 22.7 Å². The van der Waals surface area contributed by atoms with Gasteiger partial charge in [-0.05, 0) is 41.8 Å². The van der Waals surface area contributed by atoms with Gasteiger partial charge in [0.2, 0.25) is 15.9 Å². The Morgan fingerprint density at radius 3 is 2.28 bits per heavy atom. The molecule has 2 aromatic carbocycles. The van der Waals surface area contributed by atoms with Crippen molar-refractivity contribution in [2.45, 2.75) is 29.6 Å². The molecule has 9 heteroatoms. The molecule has 0 aliphatic carbocycles. The summed E-state index contributed by atoms with van der Waals surface area (Å²) in [5, 5.41) is 0. The first-order valence-corrected chi connectivity index (χ1v) is 13.2. The van der Waals surface area contributed by atoms with Crippen LogP contribution in [0, 0.1) is 0 Å². The van der Waals surface area contributed by atoms with Gasteiger partial charge in [0.25, 0.3) is 0 Å². The van der Waals surface area contributed by atoms with Crippen molar-refractivity contribution in [2.75, 3.05) is 45.1 Å². The molecule has 0 radical (unpaired) electrons. The van der Waals surface area contributed by atoms with Gasteiger partial charge in [-0.25, -0.2) is 8.42 Å². The highest BCUT2D eigenvalue weighted by molar-refractivity contribution is 8.00. The molecule has 7 nitrogen and oxygen atoms in total. The number of fused-ring (bicyclic) bond motifs is 1. The Morgan fingerprint density at radius 1 is 0.969 bits per heavy atom. The molecule has 0 aromatic heterocycles. The lowest BCUT2D eigenvalue weighted by molar-refractivity contribution is -0.129. The summed E-state index contributed by atoms with van der Waals surface area (Å²) in [4.78, 5) is 15.6. The van der Waals surface area contributed by atoms with Gasteiger partial charge < -0.3 is 14.4 Å².